The Morgan fingerprint density at radius 1 is 1.17 bits per heavy atom. The fourth-order valence-corrected chi connectivity index (χ4v) is 2.47. The summed E-state index contributed by atoms with van der Waals surface area (Å²) >= 11 is 5.86. The highest BCUT2D eigenvalue weighted by Crippen LogP contribution is 2.27. The van der Waals surface area contributed by atoms with E-state index in [9.17, 15) is 13.6 Å². The number of methoxy groups -OCH3 is 1. The van der Waals surface area contributed by atoms with Crippen LogP contribution in [-0.4, -0.2) is 19.6 Å². The van der Waals surface area contributed by atoms with Gasteiger partial charge in [0.2, 0.25) is 0 Å². The van der Waals surface area contributed by atoms with E-state index in [2.05, 4.69) is 5.32 Å². The lowest BCUT2D eigenvalue weighted by Gasteiger charge is -2.29. The molecule has 1 N–H and O–H groups in total. The number of nitrogens with one attached hydrogen (secondary N) is 1. The van der Waals surface area contributed by atoms with Gasteiger partial charge in [0.1, 0.15) is 17.2 Å². The molecule has 1 atom stereocenters. The number of amides is 1. The number of halogens is 3. The van der Waals surface area contributed by atoms with Crippen LogP contribution in [0.5, 0.6) is 0 Å². The van der Waals surface area contributed by atoms with Crippen LogP contribution in [0.2, 0.25) is 5.02 Å². The summed E-state index contributed by atoms with van der Waals surface area (Å²) in [7, 11) is 1.41. The zero-order valence-corrected chi connectivity index (χ0v) is 13.5. The molecule has 0 heterocycles. The van der Waals surface area contributed by atoms with E-state index in [1.807, 2.05) is 0 Å². The van der Waals surface area contributed by atoms with Crippen molar-refractivity contribution in [2.75, 3.05) is 13.7 Å². The number of carbonyl (C=O) groups excluding carboxylic acids is 1. The van der Waals surface area contributed by atoms with Crippen molar-refractivity contribution < 1.29 is 18.3 Å². The van der Waals surface area contributed by atoms with Crippen LogP contribution in [0.1, 0.15) is 22.8 Å². The van der Waals surface area contributed by atoms with Crippen molar-refractivity contribution in [1.29, 1.82) is 0 Å². The summed E-state index contributed by atoms with van der Waals surface area (Å²) < 4.78 is 33.1. The molecule has 2 aromatic rings. The van der Waals surface area contributed by atoms with Crippen LogP contribution in [0.3, 0.4) is 0 Å². The van der Waals surface area contributed by atoms with Gasteiger partial charge in [-0.25, -0.2) is 8.78 Å². The van der Waals surface area contributed by atoms with Crippen LogP contribution in [-0.2, 0) is 10.3 Å². The largest absolute Gasteiger partial charge is 0.372 e. The van der Waals surface area contributed by atoms with Crippen LogP contribution in [0.4, 0.5) is 8.78 Å². The lowest BCUT2D eigenvalue weighted by molar-refractivity contribution is 0.000354. The summed E-state index contributed by atoms with van der Waals surface area (Å²) in [6.45, 7) is 1.59. The Morgan fingerprint density at radius 3 is 2.43 bits per heavy atom. The van der Waals surface area contributed by atoms with Gasteiger partial charge in [-0.3, -0.25) is 4.79 Å². The highest BCUT2D eigenvalue weighted by atomic mass is 35.5. The molecule has 1 unspecified atom stereocenters. The second kappa shape index (κ2) is 7.06. The Labute approximate surface area is 138 Å². The molecule has 0 aliphatic rings. The fraction of sp³-hybridized carbons (Fsp3) is 0.235. The van der Waals surface area contributed by atoms with Crippen LogP contribution in [0.25, 0.3) is 0 Å². The quantitative estimate of drug-likeness (QED) is 0.897. The standard InChI is InChI=1S/C17H16ClF2NO2/c1-17(23-2,11-6-3-4-8-13(11)19)10-21-16(22)15-12(18)7-5-9-14(15)20/h3-9H,10H2,1-2H3,(H,21,22). The maximum absolute atomic E-state index is 14.0. The molecule has 0 saturated carbocycles. The number of rotatable bonds is 5. The Morgan fingerprint density at radius 2 is 1.83 bits per heavy atom. The maximum Gasteiger partial charge on any atom is 0.255 e. The van der Waals surface area contributed by atoms with Gasteiger partial charge in [-0.2, -0.15) is 0 Å². The number of benzene rings is 2. The average molecular weight is 340 g/mol. The van der Waals surface area contributed by atoms with Crippen molar-refractivity contribution in [3.8, 4) is 0 Å². The first-order valence-electron chi connectivity index (χ1n) is 6.91. The molecule has 122 valence electrons. The topological polar surface area (TPSA) is 38.3 Å². The number of carbonyl (C=O) groups is 1. The normalized spacial score (nSPS) is 13.4. The molecule has 3 nitrogen and oxygen atoms in total. The van der Waals surface area contributed by atoms with Crippen LogP contribution < -0.4 is 5.32 Å². The smallest absolute Gasteiger partial charge is 0.255 e. The molecule has 0 aromatic heterocycles. The van der Waals surface area contributed by atoms with E-state index in [0.717, 1.165) is 6.07 Å². The second-order valence-corrected chi connectivity index (χ2v) is 5.60. The minimum atomic E-state index is -1.10. The summed E-state index contributed by atoms with van der Waals surface area (Å²) in [4.78, 5) is 12.2. The third kappa shape index (κ3) is 3.68. The number of ether oxygens (including phenoxy) is 1. The zero-order chi connectivity index (χ0) is 17.0. The van der Waals surface area contributed by atoms with Gasteiger partial charge in [-0.05, 0) is 25.1 Å². The van der Waals surface area contributed by atoms with E-state index < -0.39 is 23.1 Å². The molecule has 0 bridgehead atoms. The molecule has 2 rings (SSSR count). The van der Waals surface area contributed by atoms with E-state index >= 15 is 0 Å². The van der Waals surface area contributed by atoms with Crippen molar-refractivity contribution >= 4 is 17.5 Å². The maximum atomic E-state index is 14.0. The fourth-order valence-electron chi connectivity index (χ4n) is 2.22. The van der Waals surface area contributed by atoms with Gasteiger partial charge in [0.15, 0.2) is 0 Å². The van der Waals surface area contributed by atoms with E-state index in [-0.39, 0.29) is 17.1 Å². The Balaban J connectivity index is 2.21. The first-order valence-corrected chi connectivity index (χ1v) is 7.29. The third-order valence-electron chi connectivity index (χ3n) is 3.67. The van der Waals surface area contributed by atoms with Gasteiger partial charge in [0.25, 0.3) is 5.91 Å². The van der Waals surface area contributed by atoms with Gasteiger partial charge in [-0.1, -0.05) is 35.9 Å². The van der Waals surface area contributed by atoms with Crippen molar-refractivity contribution in [1.82, 2.24) is 5.32 Å². The molecule has 0 saturated heterocycles. The lowest BCUT2D eigenvalue weighted by atomic mass is 9.95. The molecule has 0 radical (unpaired) electrons. The molecule has 0 spiro atoms. The molecular weight excluding hydrogens is 324 g/mol. The van der Waals surface area contributed by atoms with Crippen LogP contribution in [0.15, 0.2) is 42.5 Å². The molecule has 0 aliphatic heterocycles. The Kier molecular flexibility index (Phi) is 5.34. The number of hydrogen-bond donors (Lipinski definition) is 1. The zero-order valence-electron chi connectivity index (χ0n) is 12.7. The predicted octanol–water partition coefficient (Wildman–Crippen LogP) is 3.91. The molecule has 0 fully saturated rings. The molecule has 23 heavy (non-hydrogen) atoms. The lowest BCUT2D eigenvalue weighted by Crippen LogP contribution is -2.41. The van der Waals surface area contributed by atoms with Crippen molar-refractivity contribution in [3.05, 3.63) is 70.2 Å². The Hall–Kier alpha value is -1.98. The summed E-state index contributed by atoms with van der Waals surface area (Å²) in [6.07, 6.45) is 0. The molecular formula is C17H16ClF2NO2. The third-order valence-corrected chi connectivity index (χ3v) is 3.99. The summed E-state index contributed by atoms with van der Waals surface area (Å²) in [5.74, 6) is -1.86. The Bertz CT molecular complexity index is 703. The molecule has 2 aromatic carbocycles. The summed E-state index contributed by atoms with van der Waals surface area (Å²) in [5, 5.41) is 2.55. The summed E-state index contributed by atoms with van der Waals surface area (Å²) in [6, 6.07) is 10.1. The van der Waals surface area contributed by atoms with E-state index in [0.29, 0.717) is 5.56 Å². The number of hydrogen-bond acceptors (Lipinski definition) is 2. The SMILES string of the molecule is COC(C)(CNC(=O)c1c(F)cccc1Cl)c1ccccc1F. The van der Waals surface area contributed by atoms with Gasteiger partial charge in [-0.15, -0.1) is 0 Å². The van der Waals surface area contributed by atoms with E-state index in [4.69, 9.17) is 16.3 Å². The van der Waals surface area contributed by atoms with Crippen molar-refractivity contribution in [3.63, 3.8) is 0 Å². The molecule has 6 heteroatoms. The minimum Gasteiger partial charge on any atom is -0.372 e. The van der Waals surface area contributed by atoms with Gasteiger partial charge >= 0.3 is 0 Å². The average Bonchev–Trinajstić information content (AvgIpc) is 2.53. The highest BCUT2D eigenvalue weighted by Gasteiger charge is 2.30. The molecule has 1 amide bonds. The first-order chi connectivity index (χ1) is 10.9. The molecule has 0 aliphatic carbocycles. The van der Waals surface area contributed by atoms with E-state index in [1.165, 1.54) is 25.3 Å². The summed E-state index contributed by atoms with van der Waals surface area (Å²) in [5.41, 5.74) is -1.05. The highest BCUT2D eigenvalue weighted by molar-refractivity contribution is 6.33. The van der Waals surface area contributed by atoms with Crippen molar-refractivity contribution in [2.24, 2.45) is 0 Å². The monoisotopic (exact) mass is 339 g/mol. The van der Waals surface area contributed by atoms with Crippen LogP contribution >= 0.6 is 11.6 Å². The van der Waals surface area contributed by atoms with Gasteiger partial charge < -0.3 is 10.1 Å². The minimum absolute atomic E-state index is 0.00696. The van der Waals surface area contributed by atoms with Gasteiger partial charge in [0.05, 0.1) is 17.1 Å². The van der Waals surface area contributed by atoms with E-state index in [1.54, 1.807) is 25.1 Å². The predicted molar refractivity (Wildman–Crippen MR) is 84.5 cm³/mol. The van der Waals surface area contributed by atoms with Crippen LogP contribution in [0, 0.1) is 11.6 Å². The second-order valence-electron chi connectivity index (χ2n) is 5.19. The van der Waals surface area contributed by atoms with Crippen molar-refractivity contribution in [2.45, 2.75) is 12.5 Å². The van der Waals surface area contributed by atoms with Gasteiger partial charge in [0, 0.05) is 12.7 Å². The first kappa shape index (κ1) is 17.4.